The molecular weight excluding hydrogens is 403 g/mol. The van der Waals surface area contributed by atoms with Gasteiger partial charge in [-0.05, 0) is 76.1 Å². The van der Waals surface area contributed by atoms with Crippen LogP contribution in [0.5, 0.6) is 0 Å². The van der Waals surface area contributed by atoms with E-state index in [0.29, 0.717) is 6.04 Å². The van der Waals surface area contributed by atoms with Gasteiger partial charge >= 0.3 is 0 Å². The molecule has 5 nitrogen and oxygen atoms in total. The Balaban J connectivity index is 1.59. The SMILES string of the molecule is CC(CCCO)N(c1cc(N2CCCCC2)ccn1)C1CCCN(c2cccc(F)c2)C1. The maximum Gasteiger partial charge on any atom is 0.131 e. The minimum Gasteiger partial charge on any atom is -0.396 e. The Morgan fingerprint density at radius 1 is 1.06 bits per heavy atom. The lowest BCUT2D eigenvalue weighted by atomic mass is 9.99. The predicted molar refractivity (Wildman–Crippen MR) is 130 cm³/mol. The van der Waals surface area contributed by atoms with Crippen LogP contribution in [0.2, 0.25) is 0 Å². The summed E-state index contributed by atoms with van der Waals surface area (Å²) in [5.41, 5.74) is 2.21. The summed E-state index contributed by atoms with van der Waals surface area (Å²) < 4.78 is 13.9. The van der Waals surface area contributed by atoms with Gasteiger partial charge < -0.3 is 19.8 Å². The maximum atomic E-state index is 13.9. The van der Waals surface area contributed by atoms with E-state index in [1.54, 1.807) is 12.1 Å². The summed E-state index contributed by atoms with van der Waals surface area (Å²) >= 11 is 0. The van der Waals surface area contributed by atoms with Crippen molar-refractivity contribution >= 4 is 17.2 Å². The minimum absolute atomic E-state index is 0.186. The molecule has 6 heteroatoms. The van der Waals surface area contributed by atoms with Crippen molar-refractivity contribution in [2.75, 3.05) is 47.5 Å². The number of nitrogens with zero attached hydrogens (tertiary/aromatic N) is 4. The van der Waals surface area contributed by atoms with Crippen LogP contribution in [0.4, 0.5) is 21.6 Å². The number of aliphatic hydroxyl groups is 1. The van der Waals surface area contributed by atoms with Gasteiger partial charge in [0.2, 0.25) is 0 Å². The molecule has 2 aromatic rings. The number of benzene rings is 1. The molecular formula is C26H37FN4O. The number of aliphatic hydroxyl groups excluding tert-OH is 1. The second-order valence-corrected chi connectivity index (χ2v) is 9.26. The fourth-order valence-corrected chi connectivity index (χ4v) is 5.29. The molecule has 2 atom stereocenters. The first-order valence-electron chi connectivity index (χ1n) is 12.3. The van der Waals surface area contributed by atoms with Gasteiger partial charge in [0.05, 0.1) is 0 Å². The molecule has 0 bridgehead atoms. The summed E-state index contributed by atoms with van der Waals surface area (Å²) in [4.78, 5) is 12.1. The number of rotatable bonds is 8. The second kappa shape index (κ2) is 11.0. The van der Waals surface area contributed by atoms with Gasteiger partial charge in [-0.3, -0.25) is 0 Å². The van der Waals surface area contributed by atoms with Crippen molar-refractivity contribution in [1.82, 2.24) is 4.98 Å². The van der Waals surface area contributed by atoms with Crippen LogP contribution in [0.3, 0.4) is 0 Å². The lowest BCUT2D eigenvalue weighted by molar-refractivity contribution is 0.277. The van der Waals surface area contributed by atoms with Crippen molar-refractivity contribution in [2.24, 2.45) is 0 Å². The van der Waals surface area contributed by atoms with Crippen LogP contribution in [0.1, 0.15) is 51.9 Å². The molecule has 174 valence electrons. The van der Waals surface area contributed by atoms with Crippen LogP contribution in [0.25, 0.3) is 0 Å². The third-order valence-corrected chi connectivity index (χ3v) is 6.93. The molecule has 2 aliphatic rings. The van der Waals surface area contributed by atoms with Crippen LogP contribution in [-0.2, 0) is 0 Å². The monoisotopic (exact) mass is 440 g/mol. The highest BCUT2D eigenvalue weighted by molar-refractivity contribution is 5.57. The first-order chi connectivity index (χ1) is 15.7. The summed E-state index contributed by atoms with van der Waals surface area (Å²) in [6.45, 7) is 6.47. The Labute approximate surface area is 191 Å². The van der Waals surface area contributed by atoms with Gasteiger partial charge in [0.25, 0.3) is 0 Å². The molecule has 0 radical (unpaired) electrons. The van der Waals surface area contributed by atoms with Crippen molar-refractivity contribution in [3.63, 3.8) is 0 Å². The molecule has 2 saturated heterocycles. The van der Waals surface area contributed by atoms with Gasteiger partial charge in [-0.1, -0.05) is 6.07 Å². The van der Waals surface area contributed by atoms with E-state index >= 15 is 0 Å². The molecule has 0 saturated carbocycles. The Morgan fingerprint density at radius 2 is 1.84 bits per heavy atom. The Hall–Kier alpha value is -2.34. The standard InChI is InChI=1S/C26H37FN4O/c1-21(8-7-17-32)31(26-19-24(12-13-28-26)29-14-3-2-4-15-29)25-11-6-16-30(20-25)23-10-5-9-22(27)18-23/h5,9-10,12-13,18-19,21,25,32H,2-4,6-8,11,14-17,20H2,1H3. The number of hydrogen-bond donors (Lipinski definition) is 1. The number of hydrogen-bond acceptors (Lipinski definition) is 5. The van der Waals surface area contributed by atoms with Crippen LogP contribution in [0.15, 0.2) is 42.6 Å². The molecule has 1 aromatic heterocycles. The maximum absolute atomic E-state index is 13.9. The molecule has 2 aliphatic heterocycles. The van der Waals surface area contributed by atoms with Crippen molar-refractivity contribution in [3.05, 3.63) is 48.4 Å². The van der Waals surface area contributed by atoms with Crippen LogP contribution in [0, 0.1) is 5.82 Å². The van der Waals surface area contributed by atoms with Crippen molar-refractivity contribution < 1.29 is 9.50 Å². The Bertz CT molecular complexity index is 857. The van der Waals surface area contributed by atoms with Crippen molar-refractivity contribution in [1.29, 1.82) is 0 Å². The fraction of sp³-hybridized carbons (Fsp3) is 0.577. The summed E-state index contributed by atoms with van der Waals surface area (Å²) in [7, 11) is 0. The molecule has 0 aliphatic carbocycles. The van der Waals surface area contributed by atoms with Crippen LogP contribution in [-0.4, -0.2) is 55.0 Å². The van der Waals surface area contributed by atoms with E-state index < -0.39 is 0 Å². The molecule has 1 aromatic carbocycles. The highest BCUT2D eigenvalue weighted by Gasteiger charge is 2.30. The average Bonchev–Trinajstić information content (AvgIpc) is 2.84. The quantitative estimate of drug-likeness (QED) is 0.636. The summed E-state index contributed by atoms with van der Waals surface area (Å²) in [6.07, 6.45) is 9.61. The first kappa shape index (κ1) is 22.8. The highest BCUT2D eigenvalue weighted by Crippen LogP contribution is 2.31. The molecule has 2 fully saturated rings. The van der Waals surface area contributed by atoms with E-state index in [1.807, 2.05) is 12.3 Å². The van der Waals surface area contributed by atoms with Gasteiger partial charge in [-0.15, -0.1) is 0 Å². The van der Waals surface area contributed by atoms with E-state index in [-0.39, 0.29) is 18.5 Å². The zero-order chi connectivity index (χ0) is 22.3. The number of pyridine rings is 1. The normalized spacial score (nSPS) is 20.3. The highest BCUT2D eigenvalue weighted by atomic mass is 19.1. The average molecular weight is 441 g/mol. The number of aromatic nitrogens is 1. The Morgan fingerprint density at radius 3 is 2.62 bits per heavy atom. The third-order valence-electron chi connectivity index (χ3n) is 6.93. The predicted octanol–water partition coefficient (Wildman–Crippen LogP) is 4.85. The summed E-state index contributed by atoms with van der Waals surface area (Å²) in [6, 6.07) is 11.9. The van der Waals surface area contributed by atoms with Gasteiger partial charge in [0, 0.05) is 68.5 Å². The van der Waals surface area contributed by atoms with Gasteiger partial charge in [-0.25, -0.2) is 9.37 Å². The van der Waals surface area contributed by atoms with Crippen LogP contribution >= 0.6 is 0 Å². The summed E-state index contributed by atoms with van der Waals surface area (Å²) in [5, 5.41) is 9.42. The van der Waals surface area contributed by atoms with Gasteiger partial charge in [0.1, 0.15) is 11.6 Å². The lowest BCUT2D eigenvalue weighted by Crippen LogP contribution is -2.52. The molecule has 0 spiro atoms. The zero-order valence-corrected chi connectivity index (χ0v) is 19.3. The van der Waals surface area contributed by atoms with E-state index in [0.717, 1.165) is 63.4 Å². The number of halogens is 1. The topological polar surface area (TPSA) is 42.8 Å². The second-order valence-electron chi connectivity index (χ2n) is 9.26. The Kier molecular flexibility index (Phi) is 7.85. The van der Waals surface area contributed by atoms with Crippen LogP contribution < -0.4 is 14.7 Å². The smallest absolute Gasteiger partial charge is 0.131 e. The fourth-order valence-electron chi connectivity index (χ4n) is 5.29. The van der Waals surface area contributed by atoms with Gasteiger partial charge in [-0.2, -0.15) is 0 Å². The van der Waals surface area contributed by atoms with Gasteiger partial charge in [0.15, 0.2) is 0 Å². The van der Waals surface area contributed by atoms with E-state index in [9.17, 15) is 9.50 Å². The number of anilines is 3. The molecule has 3 heterocycles. The molecule has 4 rings (SSSR count). The van der Waals surface area contributed by atoms with Crippen molar-refractivity contribution in [2.45, 2.75) is 64.0 Å². The summed E-state index contributed by atoms with van der Waals surface area (Å²) in [5.74, 6) is 0.832. The van der Waals surface area contributed by atoms with E-state index in [2.05, 4.69) is 33.8 Å². The van der Waals surface area contributed by atoms with E-state index in [4.69, 9.17) is 4.98 Å². The first-order valence-corrected chi connectivity index (χ1v) is 12.3. The number of piperidine rings is 2. The molecule has 1 N–H and O–H groups in total. The zero-order valence-electron chi connectivity index (χ0n) is 19.3. The molecule has 32 heavy (non-hydrogen) atoms. The largest absolute Gasteiger partial charge is 0.396 e. The lowest BCUT2D eigenvalue weighted by Gasteiger charge is -2.44. The van der Waals surface area contributed by atoms with E-state index in [1.165, 1.54) is 31.0 Å². The van der Waals surface area contributed by atoms with Crippen molar-refractivity contribution in [3.8, 4) is 0 Å². The molecule has 2 unspecified atom stereocenters. The minimum atomic E-state index is -0.186. The third kappa shape index (κ3) is 5.52. The molecule has 0 amide bonds.